The van der Waals surface area contributed by atoms with Gasteiger partial charge in [0.1, 0.15) is 5.82 Å². The van der Waals surface area contributed by atoms with E-state index in [-0.39, 0.29) is 5.82 Å². The zero-order valence-corrected chi connectivity index (χ0v) is 10.5. The Morgan fingerprint density at radius 1 is 1.28 bits per heavy atom. The Morgan fingerprint density at radius 2 is 2.17 bits per heavy atom. The summed E-state index contributed by atoms with van der Waals surface area (Å²) in [5.41, 5.74) is 1.21. The van der Waals surface area contributed by atoms with Crippen LogP contribution in [0.5, 0.6) is 0 Å². The van der Waals surface area contributed by atoms with E-state index in [9.17, 15) is 4.39 Å². The number of nitrogens with zero attached hydrogens (tertiary/aromatic N) is 1. The van der Waals surface area contributed by atoms with Crippen molar-refractivity contribution in [1.82, 2.24) is 5.32 Å². The van der Waals surface area contributed by atoms with Gasteiger partial charge in [-0.15, -0.1) is 0 Å². The molecule has 0 amide bonds. The van der Waals surface area contributed by atoms with Crippen LogP contribution in [0.15, 0.2) is 36.4 Å². The average molecular weight is 244 g/mol. The smallest absolute Gasteiger partial charge is 0.123 e. The van der Waals surface area contributed by atoms with Crippen LogP contribution in [0.3, 0.4) is 0 Å². The molecule has 0 saturated carbocycles. The Bertz CT molecular complexity index is 567. The van der Waals surface area contributed by atoms with Crippen LogP contribution in [-0.4, -0.2) is 25.7 Å². The summed E-state index contributed by atoms with van der Waals surface area (Å²) in [7, 11) is 0. The molecule has 0 bridgehead atoms. The number of hydrogen-bond acceptors (Lipinski definition) is 2. The molecule has 2 aromatic rings. The number of hydrogen-bond donors (Lipinski definition) is 1. The van der Waals surface area contributed by atoms with Gasteiger partial charge >= 0.3 is 0 Å². The molecule has 1 aliphatic heterocycles. The van der Waals surface area contributed by atoms with Crippen molar-refractivity contribution in [2.24, 2.45) is 0 Å². The van der Waals surface area contributed by atoms with Crippen molar-refractivity contribution < 1.29 is 4.39 Å². The molecular weight excluding hydrogens is 227 g/mol. The molecule has 3 heteroatoms. The molecule has 1 atom stereocenters. The van der Waals surface area contributed by atoms with Crippen molar-refractivity contribution in [3.63, 3.8) is 0 Å². The van der Waals surface area contributed by atoms with Crippen molar-refractivity contribution in [2.75, 3.05) is 24.5 Å². The van der Waals surface area contributed by atoms with Gasteiger partial charge in [0.05, 0.1) is 0 Å². The Hall–Kier alpha value is -1.61. The molecular formula is C15H17FN2. The van der Waals surface area contributed by atoms with E-state index in [4.69, 9.17) is 0 Å². The molecule has 1 N–H and O–H groups in total. The topological polar surface area (TPSA) is 15.3 Å². The van der Waals surface area contributed by atoms with E-state index in [1.165, 1.54) is 11.8 Å². The first-order chi connectivity index (χ1) is 8.74. The Morgan fingerprint density at radius 3 is 3.00 bits per heavy atom. The Balaban J connectivity index is 2.05. The van der Waals surface area contributed by atoms with Gasteiger partial charge in [-0.2, -0.15) is 0 Å². The lowest BCUT2D eigenvalue weighted by Gasteiger charge is -2.34. The van der Waals surface area contributed by atoms with Crippen LogP contribution in [0, 0.1) is 5.82 Å². The number of fused-ring (bicyclic) bond motifs is 1. The quantitative estimate of drug-likeness (QED) is 0.829. The van der Waals surface area contributed by atoms with Crippen LogP contribution in [0.4, 0.5) is 10.1 Å². The predicted molar refractivity (Wildman–Crippen MR) is 73.6 cm³/mol. The fourth-order valence-corrected chi connectivity index (χ4v) is 2.66. The molecule has 1 fully saturated rings. The predicted octanol–water partition coefficient (Wildman–Crippen LogP) is 2.78. The highest BCUT2D eigenvalue weighted by Gasteiger charge is 2.17. The van der Waals surface area contributed by atoms with Gasteiger partial charge in [0.25, 0.3) is 0 Å². The zero-order chi connectivity index (χ0) is 12.5. The lowest BCUT2D eigenvalue weighted by molar-refractivity contribution is 0.485. The highest BCUT2D eigenvalue weighted by molar-refractivity contribution is 5.94. The summed E-state index contributed by atoms with van der Waals surface area (Å²) in [6.45, 7) is 5.19. The number of halogens is 1. The van der Waals surface area contributed by atoms with Crippen LogP contribution in [0.2, 0.25) is 0 Å². The summed E-state index contributed by atoms with van der Waals surface area (Å²) < 4.78 is 13.2. The van der Waals surface area contributed by atoms with E-state index in [1.807, 2.05) is 18.2 Å². The van der Waals surface area contributed by atoms with E-state index in [0.29, 0.717) is 6.04 Å². The minimum absolute atomic E-state index is 0.173. The minimum atomic E-state index is -0.173. The molecule has 1 aliphatic rings. The van der Waals surface area contributed by atoms with E-state index >= 15 is 0 Å². The molecule has 0 aromatic heterocycles. The van der Waals surface area contributed by atoms with Crippen molar-refractivity contribution in [3.8, 4) is 0 Å². The summed E-state index contributed by atoms with van der Waals surface area (Å²) in [5.74, 6) is -0.173. The molecule has 2 aromatic carbocycles. The van der Waals surface area contributed by atoms with Gasteiger partial charge in [0, 0.05) is 36.7 Å². The number of benzene rings is 2. The van der Waals surface area contributed by atoms with Gasteiger partial charge in [-0.1, -0.05) is 12.1 Å². The molecule has 0 spiro atoms. The van der Waals surface area contributed by atoms with Crippen LogP contribution in [0.1, 0.15) is 6.92 Å². The molecule has 1 heterocycles. The first-order valence-corrected chi connectivity index (χ1v) is 6.40. The largest absolute Gasteiger partial charge is 0.368 e. The third-order valence-electron chi connectivity index (χ3n) is 3.53. The second kappa shape index (κ2) is 4.58. The van der Waals surface area contributed by atoms with E-state index in [0.717, 1.165) is 30.4 Å². The Labute approximate surface area is 106 Å². The number of anilines is 1. The highest BCUT2D eigenvalue weighted by atomic mass is 19.1. The molecule has 0 aliphatic carbocycles. The van der Waals surface area contributed by atoms with Gasteiger partial charge in [-0.05, 0) is 36.6 Å². The first kappa shape index (κ1) is 11.5. The van der Waals surface area contributed by atoms with Gasteiger partial charge in [0.2, 0.25) is 0 Å². The minimum Gasteiger partial charge on any atom is -0.368 e. The first-order valence-electron chi connectivity index (χ1n) is 6.40. The standard InChI is InChI=1S/C15H17FN2/c1-11-10-18(8-7-17-11)15-4-2-3-12-9-13(16)5-6-14(12)15/h2-6,9,11,17H,7-8,10H2,1H3. The fourth-order valence-electron chi connectivity index (χ4n) is 2.66. The number of rotatable bonds is 1. The normalized spacial score (nSPS) is 20.3. The summed E-state index contributed by atoms with van der Waals surface area (Å²) in [4.78, 5) is 2.38. The Kier molecular flexibility index (Phi) is 2.92. The maximum Gasteiger partial charge on any atom is 0.123 e. The van der Waals surface area contributed by atoms with Gasteiger partial charge in [0.15, 0.2) is 0 Å². The summed E-state index contributed by atoms with van der Waals surface area (Å²) in [6.07, 6.45) is 0. The molecule has 94 valence electrons. The fraction of sp³-hybridized carbons (Fsp3) is 0.333. The van der Waals surface area contributed by atoms with Gasteiger partial charge in [-0.25, -0.2) is 4.39 Å². The number of nitrogens with one attached hydrogen (secondary N) is 1. The van der Waals surface area contributed by atoms with Gasteiger partial charge in [-0.3, -0.25) is 0 Å². The van der Waals surface area contributed by atoms with Crippen molar-refractivity contribution >= 4 is 16.5 Å². The molecule has 3 rings (SSSR count). The summed E-state index contributed by atoms with van der Waals surface area (Å²) in [5, 5.41) is 5.54. The lowest BCUT2D eigenvalue weighted by atomic mass is 10.1. The molecule has 0 radical (unpaired) electrons. The van der Waals surface area contributed by atoms with Crippen molar-refractivity contribution in [2.45, 2.75) is 13.0 Å². The molecule has 2 nitrogen and oxygen atoms in total. The summed E-state index contributed by atoms with van der Waals surface area (Å²) >= 11 is 0. The third-order valence-corrected chi connectivity index (χ3v) is 3.53. The van der Waals surface area contributed by atoms with Crippen LogP contribution < -0.4 is 10.2 Å². The van der Waals surface area contributed by atoms with Crippen molar-refractivity contribution in [1.29, 1.82) is 0 Å². The van der Waals surface area contributed by atoms with E-state index in [2.05, 4.69) is 23.2 Å². The number of piperazine rings is 1. The molecule has 1 unspecified atom stereocenters. The SMILES string of the molecule is CC1CN(c2cccc3cc(F)ccc23)CCN1. The maximum atomic E-state index is 13.2. The summed E-state index contributed by atoms with van der Waals surface area (Å²) in [6, 6.07) is 11.6. The van der Waals surface area contributed by atoms with Crippen LogP contribution in [-0.2, 0) is 0 Å². The average Bonchev–Trinajstić information content (AvgIpc) is 2.37. The maximum absolute atomic E-state index is 13.2. The van der Waals surface area contributed by atoms with Crippen LogP contribution >= 0.6 is 0 Å². The van der Waals surface area contributed by atoms with Crippen molar-refractivity contribution in [3.05, 3.63) is 42.2 Å². The molecule has 18 heavy (non-hydrogen) atoms. The monoisotopic (exact) mass is 244 g/mol. The van der Waals surface area contributed by atoms with E-state index in [1.54, 1.807) is 6.07 Å². The zero-order valence-electron chi connectivity index (χ0n) is 10.5. The second-order valence-electron chi connectivity index (χ2n) is 4.94. The van der Waals surface area contributed by atoms with E-state index < -0.39 is 0 Å². The highest BCUT2D eigenvalue weighted by Crippen LogP contribution is 2.28. The van der Waals surface area contributed by atoms with Crippen LogP contribution in [0.25, 0.3) is 10.8 Å². The molecule has 1 saturated heterocycles. The lowest BCUT2D eigenvalue weighted by Crippen LogP contribution is -2.49. The van der Waals surface area contributed by atoms with Gasteiger partial charge < -0.3 is 10.2 Å². The second-order valence-corrected chi connectivity index (χ2v) is 4.94. The third kappa shape index (κ3) is 2.06.